The number of nitrogens with one attached hydrogen (secondary N) is 2. The van der Waals surface area contributed by atoms with Crippen molar-refractivity contribution in [1.29, 1.82) is 0 Å². The van der Waals surface area contributed by atoms with Gasteiger partial charge in [-0.15, -0.1) is 0 Å². The molecule has 2 saturated heterocycles. The molecule has 2 N–H and O–H groups in total. The van der Waals surface area contributed by atoms with E-state index in [1.54, 1.807) is 24.3 Å². The molecule has 2 aliphatic heterocycles. The first-order valence-corrected chi connectivity index (χ1v) is 11.0. The molecule has 0 saturated carbocycles. The highest BCUT2D eigenvalue weighted by Gasteiger charge is 2.39. The number of ketones is 1. The Balaban J connectivity index is 1.64. The number of benzene rings is 1. The first kappa shape index (κ1) is 22.4. The van der Waals surface area contributed by atoms with Gasteiger partial charge in [0, 0.05) is 12.1 Å². The quantitative estimate of drug-likeness (QED) is 0.642. The van der Waals surface area contributed by atoms with Crippen molar-refractivity contribution in [1.82, 2.24) is 15.5 Å². The molecule has 30 heavy (non-hydrogen) atoms. The van der Waals surface area contributed by atoms with Gasteiger partial charge in [-0.3, -0.25) is 14.4 Å². The van der Waals surface area contributed by atoms with Crippen LogP contribution in [0.1, 0.15) is 49.9 Å². The molecule has 0 aliphatic carbocycles. The lowest BCUT2D eigenvalue weighted by Crippen LogP contribution is -2.54. The smallest absolute Gasteiger partial charge is 0.251 e. The minimum absolute atomic E-state index is 0.0243. The van der Waals surface area contributed by atoms with Gasteiger partial charge in [-0.25, -0.2) is 0 Å². The normalized spacial score (nSPS) is 23.0. The van der Waals surface area contributed by atoms with Crippen LogP contribution in [0.5, 0.6) is 0 Å². The van der Waals surface area contributed by atoms with E-state index in [9.17, 15) is 14.4 Å². The molecule has 2 unspecified atom stereocenters. The fourth-order valence-electron chi connectivity index (χ4n) is 3.99. The van der Waals surface area contributed by atoms with Gasteiger partial charge in [0.2, 0.25) is 5.91 Å². The predicted molar refractivity (Wildman–Crippen MR) is 114 cm³/mol. The van der Waals surface area contributed by atoms with Gasteiger partial charge in [0.1, 0.15) is 18.7 Å². The van der Waals surface area contributed by atoms with Crippen molar-refractivity contribution >= 4 is 17.6 Å². The number of likely N-dealkylation sites (tertiary alicyclic amines) is 1. The highest BCUT2D eigenvalue weighted by Crippen LogP contribution is 2.17. The van der Waals surface area contributed by atoms with E-state index in [0.717, 1.165) is 32.4 Å². The lowest BCUT2D eigenvalue weighted by atomic mass is 10.0. The monoisotopic (exact) mass is 415 g/mol. The number of hydrogen-bond acceptors (Lipinski definition) is 5. The number of ether oxygens (including phenoxy) is 1. The predicted octanol–water partition coefficient (Wildman–Crippen LogP) is 1.77. The zero-order valence-corrected chi connectivity index (χ0v) is 17.9. The third-order valence-corrected chi connectivity index (χ3v) is 5.78. The molecule has 7 nitrogen and oxygen atoms in total. The van der Waals surface area contributed by atoms with E-state index in [4.69, 9.17) is 4.74 Å². The Bertz CT molecular complexity index is 731. The summed E-state index contributed by atoms with van der Waals surface area (Å²) in [6.45, 7) is 6.82. The summed E-state index contributed by atoms with van der Waals surface area (Å²) < 4.78 is 5.68. The van der Waals surface area contributed by atoms with Crippen molar-refractivity contribution in [2.45, 2.75) is 57.7 Å². The average molecular weight is 416 g/mol. The fraction of sp³-hybridized carbons (Fsp3) is 0.609. The second-order valence-corrected chi connectivity index (χ2v) is 8.67. The number of amides is 2. The Morgan fingerprint density at radius 2 is 1.83 bits per heavy atom. The van der Waals surface area contributed by atoms with Gasteiger partial charge in [0.05, 0.1) is 6.10 Å². The molecule has 2 fully saturated rings. The molecular formula is C23H33N3O4. The molecular weight excluding hydrogens is 382 g/mol. The van der Waals surface area contributed by atoms with Crippen LogP contribution >= 0.6 is 0 Å². The molecule has 0 bridgehead atoms. The molecule has 1 aromatic carbocycles. The van der Waals surface area contributed by atoms with Crippen molar-refractivity contribution in [3.05, 3.63) is 35.9 Å². The van der Waals surface area contributed by atoms with Gasteiger partial charge in [-0.1, -0.05) is 32.0 Å². The van der Waals surface area contributed by atoms with Crippen LogP contribution in [0.25, 0.3) is 0 Å². The van der Waals surface area contributed by atoms with Crippen LogP contribution in [0.4, 0.5) is 0 Å². The Labute approximate surface area is 178 Å². The third kappa shape index (κ3) is 6.12. The summed E-state index contributed by atoms with van der Waals surface area (Å²) in [4.78, 5) is 40.3. The molecule has 2 amide bonds. The number of carbonyl (C=O) groups excluding carboxylic acids is 3. The lowest BCUT2D eigenvalue weighted by molar-refractivity contribution is -0.127. The van der Waals surface area contributed by atoms with E-state index >= 15 is 0 Å². The van der Waals surface area contributed by atoms with Gasteiger partial charge in [-0.2, -0.15) is 0 Å². The van der Waals surface area contributed by atoms with Crippen LogP contribution in [-0.4, -0.2) is 66.9 Å². The minimum Gasteiger partial charge on any atom is -0.366 e. The van der Waals surface area contributed by atoms with Crippen molar-refractivity contribution in [2.75, 3.05) is 26.2 Å². The Morgan fingerprint density at radius 3 is 2.50 bits per heavy atom. The van der Waals surface area contributed by atoms with Gasteiger partial charge in [-0.05, 0) is 56.8 Å². The third-order valence-electron chi connectivity index (χ3n) is 5.78. The van der Waals surface area contributed by atoms with Crippen LogP contribution in [-0.2, 0) is 14.3 Å². The zero-order valence-electron chi connectivity index (χ0n) is 17.9. The van der Waals surface area contributed by atoms with E-state index in [-0.39, 0.29) is 30.3 Å². The Kier molecular flexibility index (Phi) is 7.99. The van der Waals surface area contributed by atoms with Crippen molar-refractivity contribution in [3.63, 3.8) is 0 Å². The first-order valence-electron chi connectivity index (χ1n) is 11.0. The maximum Gasteiger partial charge on any atom is 0.251 e. The summed E-state index contributed by atoms with van der Waals surface area (Å²) in [7, 11) is 0. The van der Waals surface area contributed by atoms with Crippen LogP contribution in [0.2, 0.25) is 0 Å². The standard InChI is InChI=1S/C23H33N3O4/c1-16(2)10-11-18(24-22(28)17-8-4-3-5-9-17)23(29)25-21-19(27)15-30-20(21)14-26-12-6-7-13-26/h3-5,8-9,16,18,20-21H,6-7,10-15H2,1-2H3,(H,24,28)(H,25,29)/t18-,20?,21?/m0/s1. The average Bonchev–Trinajstić information content (AvgIpc) is 3.37. The summed E-state index contributed by atoms with van der Waals surface area (Å²) in [6, 6.07) is 7.49. The van der Waals surface area contributed by atoms with Gasteiger partial charge in [0.15, 0.2) is 5.78 Å². The minimum atomic E-state index is -0.694. The van der Waals surface area contributed by atoms with Gasteiger partial charge >= 0.3 is 0 Å². The van der Waals surface area contributed by atoms with Crippen molar-refractivity contribution < 1.29 is 19.1 Å². The largest absolute Gasteiger partial charge is 0.366 e. The SMILES string of the molecule is CC(C)CC[C@H](NC(=O)c1ccccc1)C(=O)NC1C(=O)COC1CN1CCCC1. The zero-order chi connectivity index (χ0) is 21.5. The van der Waals surface area contributed by atoms with E-state index in [0.29, 0.717) is 24.4 Å². The summed E-state index contributed by atoms with van der Waals surface area (Å²) in [5.74, 6) is -0.324. The second kappa shape index (κ2) is 10.7. The summed E-state index contributed by atoms with van der Waals surface area (Å²) >= 11 is 0. The Hall–Kier alpha value is -2.25. The molecule has 3 atom stereocenters. The van der Waals surface area contributed by atoms with Crippen LogP contribution < -0.4 is 10.6 Å². The van der Waals surface area contributed by atoms with Crippen molar-refractivity contribution in [2.24, 2.45) is 5.92 Å². The van der Waals surface area contributed by atoms with Crippen LogP contribution in [0.15, 0.2) is 30.3 Å². The highest BCUT2D eigenvalue weighted by atomic mass is 16.5. The van der Waals surface area contributed by atoms with E-state index in [1.165, 1.54) is 0 Å². The molecule has 0 aromatic heterocycles. The lowest BCUT2D eigenvalue weighted by Gasteiger charge is -2.26. The summed E-state index contributed by atoms with van der Waals surface area (Å²) in [6.07, 6.45) is 3.27. The van der Waals surface area contributed by atoms with E-state index < -0.39 is 12.1 Å². The molecule has 2 aliphatic rings. The fourth-order valence-corrected chi connectivity index (χ4v) is 3.99. The van der Waals surface area contributed by atoms with Crippen molar-refractivity contribution in [3.8, 4) is 0 Å². The molecule has 7 heteroatoms. The van der Waals surface area contributed by atoms with Crippen LogP contribution in [0.3, 0.4) is 0 Å². The number of hydrogen-bond donors (Lipinski definition) is 2. The van der Waals surface area contributed by atoms with E-state index in [2.05, 4.69) is 29.4 Å². The number of carbonyl (C=O) groups is 3. The first-order chi connectivity index (χ1) is 14.4. The summed E-state index contributed by atoms with van der Waals surface area (Å²) in [5, 5.41) is 5.73. The highest BCUT2D eigenvalue weighted by molar-refractivity contribution is 5.98. The molecule has 2 heterocycles. The van der Waals surface area contributed by atoms with Gasteiger partial charge < -0.3 is 20.3 Å². The van der Waals surface area contributed by atoms with E-state index in [1.807, 2.05) is 6.07 Å². The number of nitrogens with zero attached hydrogens (tertiary/aromatic N) is 1. The molecule has 0 spiro atoms. The topological polar surface area (TPSA) is 87.7 Å². The Morgan fingerprint density at radius 1 is 1.13 bits per heavy atom. The molecule has 1 aromatic rings. The second-order valence-electron chi connectivity index (χ2n) is 8.67. The maximum absolute atomic E-state index is 13.1. The maximum atomic E-state index is 13.1. The molecule has 3 rings (SSSR count). The van der Waals surface area contributed by atoms with Gasteiger partial charge in [0.25, 0.3) is 5.91 Å². The number of rotatable bonds is 9. The number of Topliss-reactive ketones (excluding diaryl/α,β-unsaturated/α-hetero) is 1. The molecule has 0 radical (unpaired) electrons. The molecule has 164 valence electrons. The summed E-state index contributed by atoms with van der Waals surface area (Å²) in [5.41, 5.74) is 0.507. The van der Waals surface area contributed by atoms with Crippen LogP contribution in [0, 0.1) is 5.92 Å².